The molecular weight excluding hydrogens is 203 g/mol. The summed E-state index contributed by atoms with van der Waals surface area (Å²) >= 11 is 0. The minimum Gasteiger partial charge on any atom is -0.306 e. The van der Waals surface area contributed by atoms with Gasteiger partial charge in [-0.3, -0.25) is 4.98 Å². The van der Waals surface area contributed by atoms with Crippen molar-refractivity contribution in [1.29, 1.82) is 0 Å². The molecule has 1 N–H and O–H groups in total. The first-order valence-electron chi connectivity index (χ1n) is 6.04. The normalized spacial score (nSPS) is 18.5. The Balaban J connectivity index is 2.13. The first-order chi connectivity index (χ1) is 7.66. The van der Waals surface area contributed by atoms with Gasteiger partial charge in [-0.25, -0.2) is 4.39 Å². The lowest BCUT2D eigenvalue weighted by atomic mass is 9.78. The van der Waals surface area contributed by atoms with Crippen LogP contribution in [0.25, 0.3) is 0 Å². The molecule has 0 aliphatic heterocycles. The molecule has 2 nitrogen and oxygen atoms in total. The monoisotopic (exact) mass is 222 g/mol. The van der Waals surface area contributed by atoms with Crippen molar-refractivity contribution in [3.8, 4) is 0 Å². The summed E-state index contributed by atoms with van der Waals surface area (Å²) in [6, 6.07) is 4.01. The van der Waals surface area contributed by atoms with Gasteiger partial charge in [-0.1, -0.05) is 20.3 Å². The second-order valence-electron chi connectivity index (χ2n) is 4.89. The van der Waals surface area contributed by atoms with Gasteiger partial charge in [0.05, 0.1) is 17.9 Å². The van der Waals surface area contributed by atoms with E-state index >= 15 is 0 Å². The van der Waals surface area contributed by atoms with Crippen molar-refractivity contribution in [2.24, 2.45) is 5.92 Å². The highest BCUT2D eigenvalue weighted by Gasteiger charge is 2.29. The third kappa shape index (κ3) is 2.59. The molecule has 16 heavy (non-hydrogen) atoms. The molecule has 0 saturated heterocycles. The molecule has 1 saturated carbocycles. The smallest absolute Gasteiger partial charge is 0.141 e. The van der Waals surface area contributed by atoms with Crippen molar-refractivity contribution in [2.45, 2.75) is 45.2 Å². The van der Waals surface area contributed by atoms with E-state index in [0.717, 1.165) is 5.69 Å². The van der Waals surface area contributed by atoms with Crippen LogP contribution in [0.2, 0.25) is 0 Å². The van der Waals surface area contributed by atoms with Crippen molar-refractivity contribution in [2.75, 3.05) is 0 Å². The standard InChI is InChI=1S/C13H19FN2/c1-9(2)16-13(10-4-3-5-10)12-7-6-11(14)8-15-12/h6-10,13,16H,3-5H2,1-2H3. The Morgan fingerprint density at radius 3 is 2.56 bits per heavy atom. The summed E-state index contributed by atoms with van der Waals surface area (Å²) in [6.07, 6.45) is 5.12. The lowest BCUT2D eigenvalue weighted by molar-refractivity contribution is 0.218. The van der Waals surface area contributed by atoms with E-state index in [1.54, 1.807) is 6.07 Å². The summed E-state index contributed by atoms with van der Waals surface area (Å²) in [5.74, 6) is 0.404. The molecule has 1 aromatic rings. The molecule has 1 atom stereocenters. The van der Waals surface area contributed by atoms with Crippen LogP contribution < -0.4 is 5.32 Å². The van der Waals surface area contributed by atoms with Crippen molar-refractivity contribution in [3.05, 3.63) is 29.8 Å². The molecule has 1 fully saturated rings. The van der Waals surface area contributed by atoms with Crippen molar-refractivity contribution >= 4 is 0 Å². The quantitative estimate of drug-likeness (QED) is 0.847. The van der Waals surface area contributed by atoms with E-state index in [9.17, 15) is 4.39 Å². The first kappa shape index (κ1) is 11.5. The van der Waals surface area contributed by atoms with Gasteiger partial charge in [0.15, 0.2) is 0 Å². The van der Waals surface area contributed by atoms with E-state index in [0.29, 0.717) is 12.0 Å². The summed E-state index contributed by atoms with van der Waals surface area (Å²) in [6.45, 7) is 4.27. The van der Waals surface area contributed by atoms with E-state index < -0.39 is 0 Å². The fraction of sp³-hybridized carbons (Fsp3) is 0.615. The molecule has 1 aliphatic carbocycles. The zero-order valence-corrected chi connectivity index (χ0v) is 9.91. The Labute approximate surface area is 96.3 Å². The lowest BCUT2D eigenvalue weighted by Crippen LogP contribution is -2.36. The minimum absolute atomic E-state index is 0.263. The molecule has 2 rings (SSSR count). The number of nitrogens with one attached hydrogen (secondary N) is 1. The maximum absolute atomic E-state index is 12.8. The van der Waals surface area contributed by atoms with E-state index in [2.05, 4.69) is 24.1 Å². The van der Waals surface area contributed by atoms with Crippen molar-refractivity contribution in [1.82, 2.24) is 10.3 Å². The van der Waals surface area contributed by atoms with Gasteiger partial charge < -0.3 is 5.32 Å². The third-order valence-corrected chi connectivity index (χ3v) is 3.20. The van der Waals surface area contributed by atoms with Crippen LogP contribution in [-0.2, 0) is 0 Å². The molecule has 0 radical (unpaired) electrons. The number of pyridine rings is 1. The zero-order valence-electron chi connectivity index (χ0n) is 9.91. The minimum atomic E-state index is -0.263. The first-order valence-corrected chi connectivity index (χ1v) is 6.04. The predicted molar refractivity (Wildman–Crippen MR) is 62.5 cm³/mol. The van der Waals surface area contributed by atoms with Gasteiger partial charge >= 0.3 is 0 Å². The van der Waals surface area contributed by atoms with Gasteiger partial charge in [0.25, 0.3) is 0 Å². The van der Waals surface area contributed by atoms with Crippen LogP contribution in [0.3, 0.4) is 0 Å². The topological polar surface area (TPSA) is 24.9 Å². The second kappa shape index (κ2) is 4.91. The number of hydrogen-bond donors (Lipinski definition) is 1. The number of rotatable bonds is 4. The number of hydrogen-bond acceptors (Lipinski definition) is 2. The molecule has 1 unspecified atom stereocenters. The van der Waals surface area contributed by atoms with E-state index in [1.807, 2.05) is 0 Å². The fourth-order valence-corrected chi connectivity index (χ4v) is 2.17. The van der Waals surface area contributed by atoms with Crippen LogP contribution in [0.4, 0.5) is 4.39 Å². The zero-order chi connectivity index (χ0) is 11.5. The Morgan fingerprint density at radius 1 is 1.38 bits per heavy atom. The van der Waals surface area contributed by atoms with Gasteiger partial charge in [0.1, 0.15) is 5.82 Å². The molecule has 1 aliphatic rings. The van der Waals surface area contributed by atoms with Crippen LogP contribution in [0.5, 0.6) is 0 Å². The molecule has 0 amide bonds. The van der Waals surface area contributed by atoms with Gasteiger partial charge in [-0.2, -0.15) is 0 Å². The Morgan fingerprint density at radius 2 is 2.12 bits per heavy atom. The van der Waals surface area contributed by atoms with Crippen LogP contribution in [0, 0.1) is 11.7 Å². The average molecular weight is 222 g/mol. The maximum atomic E-state index is 12.8. The summed E-state index contributed by atoms with van der Waals surface area (Å²) < 4.78 is 12.8. The van der Waals surface area contributed by atoms with Gasteiger partial charge in [0, 0.05) is 6.04 Å². The number of nitrogens with zero attached hydrogens (tertiary/aromatic N) is 1. The molecule has 88 valence electrons. The number of aromatic nitrogens is 1. The summed E-state index contributed by atoms with van der Waals surface area (Å²) in [4.78, 5) is 4.20. The van der Waals surface area contributed by atoms with Gasteiger partial charge in [-0.15, -0.1) is 0 Å². The van der Waals surface area contributed by atoms with E-state index in [1.165, 1.54) is 31.5 Å². The van der Waals surface area contributed by atoms with Gasteiger partial charge in [0.2, 0.25) is 0 Å². The highest BCUT2D eigenvalue weighted by atomic mass is 19.1. The molecule has 1 heterocycles. The van der Waals surface area contributed by atoms with Crippen LogP contribution in [0.1, 0.15) is 44.8 Å². The number of halogens is 1. The molecular formula is C13H19FN2. The third-order valence-electron chi connectivity index (χ3n) is 3.20. The highest BCUT2D eigenvalue weighted by molar-refractivity contribution is 5.12. The van der Waals surface area contributed by atoms with Gasteiger partial charge in [-0.05, 0) is 30.9 Å². The Kier molecular flexibility index (Phi) is 3.54. The van der Waals surface area contributed by atoms with E-state index in [-0.39, 0.29) is 11.9 Å². The molecule has 0 bridgehead atoms. The van der Waals surface area contributed by atoms with E-state index in [4.69, 9.17) is 0 Å². The van der Waals surface area contributed by atoms with Crippen LogP contribution in [0.15, 0.2) is 18.3 Å². The van der Waals surface area contributed by atoms with Crippen LogP contribution >= 0.6 is 0 Å². The lowest BCUT2D eigenvalue weighted by Gasteiger charge is -2.35. The van der Waals surface area contributed by atoms with Crippen molar-refractivity contribution < 1.29 is 4.39 Å². The van der Waals surface area contributed by atoms with Crippen LogP contribution in [-0.4, -0.2) is 11.0 Å². The largest absolute Gasteiger partial charge is 0.306 e. The predicted octanol–water partition coefficient (Wildman–Crippen LogP) is 3.06. The molecule has 1 aromatic heterocycles. The summed E-state index contributed by atoms with van der Waals surface area (Å²) in [7, 11) is 0. The van der Waals surface area contributed by atoms with Crippen molar-refractivity contribution in [3.63, 3.8) is 0 Å². The summed E-state index contributed by atoms with van der Waals surface area (Å²) in [5.41, 5.74) is 0.972. The Hall–Kier alpha value is -0.960. The molecule has 0 aromatic carbocycles. The molecule has 3 heteroatoms. The highest BCUT2D eigenvalue weighted by Crippen LogP contribution is 2.37. The fourth-order valence-electron chi connectivity index (χ4n) is 2.17. The second-order valence-corrected chi connectivity index (χ2v) is 4.89. The molecule has 0 spiro atoms. The Bertz CT molecular complexity index is 330. The SMILES string of the molecule is CC(C)NC(c1ccc(F)cn1)C1CCC1. The summed E-state index contributed by atoms with van der Waals surface area (Å²) in [5, 5.41) is 3.53. The maximum Gasteiger partial charge on any atom is 0.141 e. The average Bonchev–Trinajstić information content (AvgIpc) is 2.14.